The van der Waals surface area contributed by atoms with Gasteiger partial charge in [0.15, 0.2) is 11.5 Å². The SMILES string of the molecule is O=C(Nc1ccc(-n2cncn2)nc1)c1cn(Cc2ccccc2)nn1. The summed E-state index contributed by atoms with van der Waals surface area (Å²) in [6.07, 6.45) is 6.13. The number of anilines is 1. The Bertz CT molecular complexity index is 993. The highest BCUT2D eigenvalue weighted by Crippen LogP contribution is 2.10. The molecule has 3 aromatic heterocycles. The van der Waals surface area contributed by atoms with Crippen molar-refractivity contribution in [3.8, 4) is 5.82 Å². The monoisotopic (exact) mass is 346 g/mol. The second-order valence-electron chi connectivity index (χ2n) is 5.49. The molecule has 3 heterocycles. The molecule has 0 atom stereocenters. The minimum Gasteiger partial charge on any atom is -0.319 e. The van der Waals surface area contributed by atoms with E-state index in [1.165, 1.54) is 11.0 Å². The van der Waals surface area contributed by atoms with Crippen LogP contribution >= 0.6 is 0 Å². The van der Waals surface area contributed by atoms with Gasteiger partial charge >= 0.3 is 0 Å². The van der Waals surface area contributed by atoms with E-state index < -0.39 is 0 Å². The van der Waals surface area contributed by atoms with E-state index in [-0.39, 0.29) is 11.6 Å². The van der Waals surface area contributed by atoms with Crippen LogP contribution in [0.2, 0.25) is 0 Å². The molecule has 9 nitrogen and oxygen atoms in total. The van der Waals surface area contributed by atoms with E-state index in [1.54, 1.807) is 35.5 Å². The molecule has 1 N–H and O–H groups in total. The number of hydrogen-bond acceptors (Lipinski definition) is 6. The zero-order chi connectivity index (χ0) is 17.8. The molecule has 0 bridgehead atoms. The van der Waals surface area contributed by atoms with Crippen LogP contribution in [0.5, 0.6) is 0 Å². The van der Waals surface area contributed by atoms with E-state index in [1.807, 2.05) is 30.3 Å². The third kappa shape index (κ3) is 3.46. The normalized spacial score (nSPS) is 10.6. The third-order valence-corrected chi connectivity index (χ3v) is 3.62. The Kier molecular flexibility index (Phi) is 4.17. The predicted octanol–water partition coefficient (Wildman–Crippen LogP) is 1.55. The lowest BCUT2D eigenvalue weighted by Gasteiger charge is -2.04. The van der Waals surface area contributed by atoms with Crippen LogP contribution in [-0.4, -0.2) is 40.6 Å². The van der Waals surface area contributed by atoms with Crippen molar-refractivity contribution in [2.24, 2.45) is 0 Å². The summed E-state index contributed by atoms with van der Waals surface area (Å²) in [5, 5.41) is 14.7. The summed E-state index contributed by atoms with van der Waals surface area (Å²) >= 11 is 0. The zero-order valence-corrected chi connectivity index (χ0v) is 13.6. The summed E-state index contributed by atoms with van der Waals surface area (Å²) in [5.74, 6) is 0.258. The van der Waals surface area contributed by atoms with Crippen LogP contribution in [0.3, 0.4) is 0 Å². The third-order valence-electron chi connectivity index (χ3n) is 3.62. The highest BCUT2D eigenvalue weighted by molar-refractivity contribution is 6.02. The Balaban J connectivity index is 1.42. The number of aromatic nitrogens is 7. The van der Waals surface area contributed by atoms with Gasteiger partial charge in [-0.3, -0.25) is 4.79 Å². The number of carbonyl (C=O) groups excluding carboxylic acids is 1. The molecular weight excluding hydrogens is 332 g/mol. The fourth-order valence-corrected chi connectivity index (χ4v) is 2.37. The Morgan fingerprint density at radius 2 is 2.00 bits per heavy atom. The van der Waals surface area contributed by atoms with Gasteiger partial charge < -0.3 is 5.32 Å². The van der Waals surface area contributed by atoms with Gasteiger partial charge in [0.2, 0.25) is 0 Å². The first-order chi connectivity index (χ1) is 12.8. The Hall–Kier alpha value is -3.88. The van der Waals surface area contributed by atoms with Crippen LogP contribution < -0.4 is 5.32 Å². The molecule has 0 spiro atoms. The van der Waals surface area contributed by atoms with E-state index in [2.05, 4.69) is 30.7 Å². The van der Waals surface area contributed by atoms with E-state index in [4.69, 9.17) is 0 Å². The summed E-state index contributed by atoms with van der Waals surface area (Å²) in [4.78, 5) is 20.4. The van der Waals surface area contributed by atoms with Crippen molar-refractivity contribution in [2.75, 3.05) is 5.32 Å². The molecule has 4 rings (SSSR count). The van der Waals surface area contributed by atoms with E-state index in [0.717, 1.165) is 5.56 Å². The van der Waals surface area contributed by atoms with Gasteiger partial charge in [-0.1, -0.05) is 35.5 Å². The number of nitrogens with one attached hydrogen (secondary N) is 1. The van der Waals surface area contributed by atoms with Crippen molar-refractivity contribution < 1.29 is 4.79 Å². The van der Waals surface area contributed by atoms with E-state index in [0.29, 0.717) is 18.1 Å². The van der Waals surface area contributed by atoms with Gasteiger partial charge in [0.25, 0.3) is 5.91 Å². The van der Waals surface area contributed by atoms with Crippen LogP contribution in [0, 0.1) is 0 Å². The van der Waals surface area contributed by atoms with E-state index >= 15 is 0 Å². The highest BCUT2D eigenvalue weighted by atomic mass is 16.2. The number of hydrogen-bond donors (Lipinski definition) is 1. The second-order valence-corrected chi connectivity index (χ2v) is 5.49. The molecule has 0 saturated heterocycles. The smallest absolute Gasteiger partial charge is 0.277 e. The first-order valence-electron chi connectivity index (χ1n) is 7.84. The van der Waals surface area contributed by atoms with Gasteiger partial charge in [-0.05, 0) is 17.7 Å². The molecule has 26 heavy (non-hydrogen) atoms. The maximum Gasteiger partial charge on any atom is 0.277 e. The highest BCUT2D eigenvalue weighted by Gasteiger charge is 2.12. The van der Waals surface area contributed by atoms with Gasteiger partial charge in [0.1, 0.15) is 12.7 Å². The first-order valence-corrected chi connectivity index (χ1v) is 7.84. The van der Waals surface area contributed by atoms with Gasteiger partial charge in [0, 0.05) is 0 Å². The van der Waals surface area contributed by atoms with Gasteiger partial charge in [-0.25, -0.2) is 19.3 Å². The summed E-state index contributed by atoms with van der Waals surface area (Å²) < 4.78 is 3.15. The lowest BCUT2D eigenvalue weighted by molar-refractivity contribution is 0.102. The number of nitrogens with zero attached hydrogens (tertiary/aromatic N) is 7. The predicted molar refractivity (Wildman–Crippen MR) is 92.7 cm³/mol. The minimum absolute atomic E-state index is 0.237. The summed E-state index contributed by atoms with van der Waals surface area (Å²) in [7, 11) is 0. The molecule has 1 aromatic carbocycles. The molecule has 4 aromatic rings. The molecule has 128 valence electrons. The molecule has 0 unspecified atom stereocenters. The van der Waals surface area contributed by atoms with Crippen LogP contribution in [0.4, 0.5) is 5.69 Å². The molecule has 0 aliphatic heterocycles. The Morgan fingerprint density at radius 3 is 2.73 bits per heavy atom. The molecule has 1 amide bonds. The lowest BCUT2D eigenvalue weighted by atomic mass is 10.2. The molecular formula is C17H14N8O. The van der Waals surface area contributed by atoms with E-state index in [9.17, 15) is 4.79 Å². The fourth-order valence-electron chi connectivity index (χ4n) is 2.37. The molecule has 0 saturated carbocycles. The number of benzene rings is 1. The Morgan fingerprint density at radius 1 is 1.12 bits per heavy atom. The van der Waals surface area contributed by atoms with Crippen molar-refractivity contribution in [2.45, 2.75) is 6.54 Å². The average molecular weight is 346 g/mol. The van der Waals surface area contributed by atoms with Crippen molar-refractivity contribution in [1.29, 1.82) is 0 Å². The standard InChI is InChI=1S/C17H14N8O/c26-17(15-10-24(23-22-15)9-13-4-2-1-3-5-13)21-14-6-7-16(19-8-14)25-12-18-11-20-25/h1-8,10-12H,9H2,(H,21,26). The largest absolute Gasteiger partial charge is 0.319 e. The van der Waals surface area contributed by atoms with Gasteiger partial charge in [-0.15, -0.1) is 5.10 Å². The molecule has 9 heteroatoms. The fraction of sp³-hybridized carbons (Fsp3) is 0.0588. The van der Waals surface area contributed by atoms with Crippen LogP contribution in [0.1, 0.15) is 16.1 Å². The summed E-state index contributed by atoms with van der Waals surface area (Å²) in [5.41, 5.74) is 1.87. The Labute approximate surface area is 148 Å². The molecule has 0 aliphatic carbocycles. The second kappa shape index (κ2) is 6.93. The number of carbonyl (C=O) groups is 1. The number of pyridine rings is 1. The summed E-state index contributed by atoms with van der Waals surface area (Å²) in [6, 6.07) is 13.3. The molecule has 0 fully saturated rings. The maximum absolute atomic E-state index is 12.3. The number of amides is 1. The van der Waals surface area contributed by atoms with Crippen molar-refractivity contribution >= 4 is 11.6 Å². The first kappa shape index (κ1) is 15.6. The van der Waals surface area contributed by atoms with Crippen LogP contribution in [-0.2, 0) is 6.54 Å². The summed E-state index contributed by atoms with van der Waals surface area (Å²) in [6.45, 7) is 0.551. The quantitative estimate of drug-likeness (QED) is 0.588. The topological polar surface area (TPSA) is 103 Å². The molecule has 0 radical (unpaired) electrons. The molecule has 0 aliphatic rings. The van der Waals surface area contributed by atoms with Crippen molar-refractivity contribution in [1.82, 2.24) is 34.7 Å². The van der Waals surface area contributed by atoms with Crippen molar-refractivity contribution in [3.05, 3.63) is 78.8 Å². The van der Waals surface area contributed by atoms with Crippen LogP contribution in [0.15, 0.2) is 67.5 Å². The minimum atomic E-state index is -0.348. The zero-order valence-electron chi connectivity index (χ0n) is 13.6. The van der Waals surface area contributed by atoms with Gasteiger partial charge in [0.05, 0.1) is 24.6 Å². The van der Waals surface area contributed by atoms with Crippen LogP contribution in [0.25, 0.3) is 5.82 Å². The van der Waals surface area contributed by atoms with Crippen molar-refractivity contribution in [3.63, 3.8) is 0 Å². The average Bonchev–Trinajstić information content (AvgIpc) is 3.35. The number of rotatable bonds is 5. The van der Waals surface area contributed by atoms with Gasteiger partial charge in [-0.2, -0.15) is 5.10 Å². The maximum atomic E-state index is 12.3. The lowest BCUT2D eigenvalue weighted by Crippen LogP contribution is -2.13.